The first-order chi connectivity index (χ1) is 16.7. The van der Waals surface area contributed by atoms with Crippen LogP contribution in [-0.2, 0) is 14.8 Å². The number of hydrogen-bond acceptors (Lipinski definition) is 7. The van der Waals surface area contributed by atoms with E-state index < -0.39 is 16.0 Å². The molecule has 0 aliphatic heterocycles. The van der Waals surface area contributed by atoms with E-state index in [2.05, 4.69) is 11.6 Å². The Hall–Kier alpha value is -3.72. The highest BCUT2D eigenvalue weighted by molar-refractivity contribution is 7.92. The Labute approximate surface area is 206 Å². The van der Waals surface area contributed by atoms with Gasteiger partial charge in [0.05, 0.1) is 35.6 Å². The van der Waals surface area contributed by atoms with Crippen LogP contribution in [0.15, 0.2) is 65.6 Å². The third-order valence-corrected chi connectivity index (χ3v) is 6.58. The minimum Gasteiger partial charge on any atom is -0.491 e. The second-order valence-electron chi connectivity index (χ2n) is 7.97. The molecule has 0 aromatic heterocycles. The van der Waals surface area contributed by atoms with Crippen LogP contribution >= 0.6 is 0 Å². The van der Waals surface area contributed by atoms with E-state index in [1.165, 1.54) is 31.4 Å². The number of unbranched alkanes of at least 4 members (excludes halogenated alkanes) is 2. The average molecular weight is 499 g/mol. The van der Waals surface area contributed by atoms with Crippen LogP contribution in [0.25, 0.3) is 0 Å². The first kappa shape index (κ1) is 25.9. The van der Waals surface area contributed by atoms with Gasteiger partial charge in [0.1, 0.15) is 17.2 Å². The van der Waals surface area contributed by atoms with Crippen LogP contribution in [0, 0.1) is 6.92 Å². The first-order valence-corrected chi connectivity index (χ1v) is 12.7. The summed E-state index contributed by atoms with van der Waals surface area (Å²) in [7, 11) is -2.70. The molecule has 0 radical (unpaired) electrons. The lowest BCUT2D eigenvalue weighted by atomic mass is 10.1. The number of carbonyl (C=O) groups is 1. The monoisotopic (exact) mass is 498 g/mol. The number of aryl methyl sites for hydroxylation is 1. The fourth-order valence-corrected chi connectivity index (χ4v) is 4.33. The maximum atomic E-state index is 12.8. The van der Waals surface area contributed by atoms with E-state index in [1.54, 1.807) is 36.4 Å². The van der Waals surface area contributed by atoms with E-state index in [-0.39, 0.29) is 16.1 Å². The Morgan fingerprint density at radius 1 is 0.971 bits per heavy atom. The molecule has 3 aromatic rings. The first-order valence-electron chi connectivity index (χ1n) is 11.3. The van der Waals surface area contributed by atoms with Crippen molar-refractivity contribution in [1.82, 2.24) is 0 Å². The van der Waals surface area contributed by atoms with E-state index in [9.17, 15) is 13.2 Å². The van der Waals surface area contributed by atoms with Gasteiger partial charge in [-0.3, -0.25) is 4.72 Å². The smallest absolute Gasteiger partial charge is 0.340 e. The van der Waals surface area contributed by atoms with Crippen LogP contribution in [0.2, 0.25) is 0 Å². The highest BCUT2D eigenvalue weighted by Gasteiger charge is 2.20. The number of ether oxygens (including phenoxy) is 3. The highest BCUT2D eigenvalue weighted by atomic mass is 32.2. The number of hydrogen-bond donors (Lipinski definition) is 2. The summed E-state index contributed by atoms with van der Waals surface area (Å²) >= 11 is 0. The van der Waals surface area contributed by atoms with Crippen LogP contribution in [0.4, 0.5) is 11.4 Å². The predicted molar refractivity (Wildman–Crippen MR) is 136 cm³/mol. The van der Waals surface area contributed by atoms with Crippen molar-refractivity contribution in [3.63, 3.8) is 0 Å². The molecule has 0 bridgehead atoms. The molecule has 0 atom stereocenters. The van der Waals surface area contributed by atoms with Crippen molar-refractivity contribution >= 4 is 27.4 Å². The third kappa shape index (κ3) is 6.89. The molecule has 0 aliphatic rings. The zero-order valence-electron chi connectivity index (χ0n) is 20.0. The van der Waals surface area contributed by atoms with E-state index in [4.69, 9.17) is 19.9 Å². The molecule has 3 N–H and O–H groups in total. The molecule has 3 aromatic carbocycles. The van der Waals surface area contributed by atoms with Gasteiger partial charge >= 0.3 is 5.97 Å². The molecule has 0 saturated heterocycles. The molecule has 35 heavy (non-hydrogen) atoms. The largest absolute Gasteiger partial charge is 0.491 e. The number of nitrogen functional groups attached to an aromatic ring is 1. The van der Waals surface area contributed by atoms with Gasteiger partial charge < -0.3 is 19.9 Å². The Morgan fingerprint density at radius 2 is 1.66 bits per heavy atom. The molecule has 186 valence electrons. The molecule has 3 rings (SSSR count). The lowest BCUT2D eigenvalue weighted by Gasteiger charge is -2.15. The van der Waals surface area contributed by atoms with Gasteiger partial charge in [0, 0.05) is 6.07 Å². The average Bonchev–Trinajstić information content (AvgIpc) is 2.84. The molecule has 0 heterocycles. The Kier molecular flexibility index (Phi) is 8.59. The topological polar surface area (TPSA) is 117 Å². The summed E-state index contributed by atoms with van der Waals surface area (Å²) in [6.07, 6.45) is 3.07. The third-order valence-electron chi connectivity index (χ3n) is 5.20. The molecule has 0 unspecified atom stereocenters. The summed E-state index contributed by atoms with van der Waals surface area (Å²) in [5.74, 6) is 0.558. The second kappa shape index (κ2) is 11.6. The SMILES string of the molecule is CCCCCOc1cc(Oc2ccc(NS(=O)(=O)c3ccc(C)cc3)c(C(=O)OC)c2)ccc1N. The molecule has 9 heteroatoms. The minimum atomic E-state index is -3.92. The van der Waals surface area contributed by atoms with E-state index in [0.29, 0.717) is 29.5 Å². The van der Waals surface area contributed by atoms with Gasteiger partial charge in [-0.25, -0.2) is 13.2 Å². The van der Waals surface area contributed by atoms with Gasteiger partial charge in [0.2, 0.25) is 0 Å². The molecule has 0 amide bonds. The van der Waals surface area contributed by atoms with Crippen molar-refractivity contribution in [3.8, 4) is 17.2 Å². The number of benzene rings is 3. The molecule has 0 aliphatic carbocycles. The summed E-state index contributed by atoms with van der Waals surface area (Å²) in [5, 5.41) is 0. The van der Waals surface area contributed by atoms with Crippen molar-refractivity contribution in [2.24, 2.45) is 0 Å². The standard InChI is InChI=1S/C26H30N2O6S/c1-4-5-6-15-33-25-17-20(9-13-23(25)27)34-19-10-14-24(22(16-19)26(29)32-3)28-35(30,31)21-11-7-18(2)8-12-21/h7-14,16-17,28H,4-6,15,27H2,1-3H3. The van der Waals surface area contributed by atoms with Crippen molar-refractivity contribution in [2.45, 2.75) is 38.0 Å². The molecular formula is C26H30N2O6S. The number of nitrogens with one attached hydrogen (secondary N) is 1. The maximum absolute atomic E-state index is 12.8. The lowest BCUT2D eigenvalue weighted by molar-refractivity contribution is 0.0601. The second-order valence-corrected chi connectivity index (χ2v) is 9.66. The number of carbonyl (C=O) groups excluding carboxylic acids is 1. The lowest BCUT2D eigenvalue weighted by Crippen LogP contribution is -2.16. The fraction of sp³-hybridized carbons (Fsp3) is 0.269. The number of sulfonamides is 1. The zero-order valence-corrected chi connectivity index (χ0v) is 20.9. The molecule has 8 nitrogen and oxygen atoms in total. The summed E-state index contributed by atoms with van der Waals surface area (Å²) < 4.78 is 44.6. The van der Waals surface area contributed by atoms with E-state index in [0.717, 1.165) is 24.8 Å². The Balaban J connectivity index is 1.84. The van der Waals surface area contributed by atoms with Crippen molar-refractivity contribution in [2.75, 3.05) is 24.2 Å². The van der Waals surface area contributed by atoms with Crippen LogP contribution in [0.1, 0.15) is 42.1 Å². The van der Waals surface area contributed by atoms with Gasteiger partial charge in [-0.2, -0.15) is 0 Å². The molecule has 0 fully saturated rings. The van der Waals surface area contributed by atoms with Gasteiger partial charge in [0.15, 0.2) is 0 Å². The summed E-state index contributed by atoms with van der Waals surface area (Å²) in [5.41, 5.74) is 7.50. The normalized spacial score (nSPS) is 11.1. The molecular weight excluding hydrogens is 468 g/mol. The van der Waals surface area contributed by atoms with Gasteiger partial charge in [-0.1, -0.05) is 37.5 Å². The van der Waals surface area contributed by atoms with Crippen molar-refractivity contribution in [1.29, 1.82) is 0 Å². The Bertz CT molecular complexity index is 1270. The number of methoxy groups -OCH3 is 1. The van der Waals surface area contributed by atoms with E-state index in [1.807, 2.05) is 6.92 Å². The number of esters is 1. The van der Waals surface area contributed by atoms with Gasteiger partial charge in [-0.15, -0.1) is 0 Å². The quantitative estimate of drug-likeness (QED) is 0.203. The predicted octanol–water partition coefficient (Wildman–Crippen LogP) is 5.53. The molecule has 0 spiro atoms. The number of rotatable bonds is 11. The van der Waals surface area contributed by atoms with Crippen LogP contribution in [0.5, 0.6) is 17.2 Å². The van der Waals surface area contributed by atoms with Gasteiger partial charge in [-0.05, 0) is 55.8 Å². The van der Waals surface area contributed by atoms with Crippen molar-refractivity contribution in [3.05, 3.63) is 71.8 Å². The fourth-order valence-electron chi connectivity index (χ4n) is 3.25. The summed E-state index contributed by atoms with van der Waals surface area (Å²) in [6.45, 7) is 4.52. The highest BCUT2D eigenvalue weighted by Crippen LogP contribution is 2.32. The van der Waals surface area contributed by atoms with Crippen LogP contribution in [0.3, 0.4) is 0 Å². The van der Waals surface area contributed by atoms with Crippen LogP contribution < -0.4 is 19.9 Å². The number of anilines is 2. The maximum Gasteiger partial charge on any atom is 0.340 e. The number of nitrogens with two attached hydrogens (primary N) is 1. The molecule has 0 saturated carbocycles. The summed E-state index contributed by atoms with van der Waals surface area (Å²) in [4.78, 5) is 12.5. The summed E-state index contributed by atoms with van der Waals surface area (Å²) in [6, 6.07) is 15.8. The van der Waals surface area contributed by atoms with Crippen molar-refractivity contribution < 1.29 is 27.4 Å². The van der Waals surface area contributed by atoms with Gasteiger partial charge in [0.25, 0.3) is 10.0 Å². The Morgan fingerprint density at radius 3 is 2.34 bits per heavy atom. The zero-order chi connectivity index (χ0) is 25.4. The van der Waals surface area contributed by atoms with E-state index >= 15 is 0 Å². The minimum absolute atomic E-state index is 0.00664. The van der Waals surface area contributed by atoms with Crippen LogP contribution in [-0.4, -0.2) is 28.1 Å².